The highest BCUT2D eigenvalue weighted by molar-refractivity contribution is 5.72. The van der Waals surface area contributed by atoms with Gasteiger partial charge in [-0.1, -0.05) is 24.3 Å². The van der Waals surface area contributed by atoms with Crippen LogP contribution in [0.5, 0.6) is 0 Å². The largest absolute Gasteiger partial charge is 0.313 e. The van der Waals surface area contributed by atoms with Crippen molar-refractivity contribution in [2.24, 2.45) is 0 Å². The molecule has 0 aliphatic rings. The van der Waals surface area contributed by atoms with Crippen molar-refractivity contribution in [3.8, 4) is 0 Å². The maximum absolute atomic E-state index is 13.9. The van der Waals surface area contributed by atoms with Crippen LogP contribution in [0.4, 0.5) is 8.78 Å². The molecule has 1 rings (SSSR count). The van der Waals surface area contributed by atoms with Crippen molar-refractivity contribution in [1.82, 2.24) is 5.32 Å². The van der Waals surface area contributed by atoms with Crippen LogP contribution in [0.3, 0.4) is 0 Å². The fourth-order valence-corrected chi connectivity index (χ4v) is 2.68. The number of hydrogen-bond acceptors (Lipinski definition) is 2. The van der Waals surface area contributed by atoms with E-state index in [2.05, 4.69) is 5.32 Å². The van der Waals surface area contributed by atoms with E-state index in [9.17, 15) is 13.6 Å². The Morgan fingerprint density at radius 1 is 1.32 bits per heavy atom. The van der Waals surface area contributed by atoms with Crippen LogP contribution in [0, 0.1) is 13.8 Å². The zero-order valence-electron chi connectivity index (χ0n) is 13.5. The molecule has 0 fully saturated rings. The summed E-state index contributed by atoms with van der Waals surface area (Å²) >= 11 is 0. The molecule has 0 aromatic heterocycles. The lowest BCUT2D eigenvalue weighted by atomic mass is 9.93. The third-order valence-corrected chi connectivity index (χ3v) is 3.73. The highest BCUT2D eigenvalue weighted by atomic mass is 19.2. The highest BCUT2D eigenvalue weighted by Crippen LogP contribution is 2.26. The fourth-order valence-electron chi connectivity index (χ4n) is 2.68. The SMILES string of the molecule is CNC(CC=O)C(/C=C(\C)c1c(C)cccc1C)=C(\F)CF. The standard InChI is InChI=1S/C18H23F2NO/c1-12-6-5-7-13(2)18(12)14(3)10-15(16(20)11-19)17(21-4)8-9-22/h5-7,9-10,17,21H,8,11H2,1-4H3/b14-10+,16-15-. The summed E-state index contributed by atoms with van der Waals surface area (Å²) in [5.74, 6) is -0.841. The zero-order valence-corrected chi connectivity index (χ0v) is 13.5. The third kappa shape index (κ3) is 4.34. The molecule has 0 radical (unpaired) electrons. The topological polar surface area (TPSA) is 29.1 Å². The van der Waals surface area contributed by atoms with Gasteiger partial charge in [0.2, 0.25) is 0 Å². The number of halogens is 2. The molecule has 4 heteroatoms. The van der Waals surface area contributed by atoms with Gasteiger partial charge in [-0.05, 0) is 50.1 Å². The van der Waals surface area contributed by atoms with E-state index in [1.165, 1.54) is 0 Å². The molecular weight excluding hydrogens is 284 g/mol. The molecule has 1 atom stereocenters. The van der Waals surface area contributed by atoms with Gasteiger partial charge < -0.3 is 10.1 Å². The lowest BCUT2D eigenvalue weighted by molar-refractivity contribution is -0.108. The van der Waals surface area contributed by atoms with Crippen LogP contribution in [0.2, 0.25) is 0 Å². The Bertz CT molecular complexity index is 570. The molecule has 0 aliphatic carbocycles. The van der Waals surface area contributed by atoms with Gasteiger partial charge in [0.25, 0.3) is 0 Å². The molecular formula is C18H23F2NO. The van der Waals surface area contributed by atoms with Crippen molar-refractivity contribution in [1.29, 1.82) is 0 Å². The number of aryl methyl sites for hydroxylation is 2. The second-order valence-electron chi connectivity index (χ2n) is 5.33. The van der Waals surface area contributed by atoms with Gasteiger partial charge in [0, 0.05) is 18.0 Å². The maximum Gasteiger partial charge on any atom is 0.141 e. The van der Waals surface area contributed by atoms with Crippen molar-refractivity contribution in [2.75, 3.05) is 13.7 Å². The molecule has 0 amide bonds. The van der Waals surface area contributed by atoms with Crippen molar-refractivity contribution in [2.45, 2.75) is 33.2 Å². The van der Waals surface area contributed by atoms with Gasteiger partial charge in [-0.2, -0.15) is 0 Å². The highest BCUT2D eigenvalue weighted by Gasteiger charge is 2.16. The number of alkyl halides is 1. The summed E-state index contributed by atoms with van der Waals surface area (Å²) in [5, 5.41) is 2.86. The Hall–Kier alpha value is -1.81. The van der Waals surface area contributed by atoms with Crippen LogP contribution in [0.25, 0.3) is 5.57 Å². The smallest absolute Gasteiger partial charge is 0.141 e. The predicted octanol–water partition coefficient (Wildman–Crippen LogP) is 4.08. The summed E-state index contributed by atoms with van der Waals surface area (Å²) in [6.45, 7) is 4.66. The molecule has 1 aromatic carbocycles. The minimum absolute atomic E-state index is 0.0930. The molecule has 120 valence electrons. The lowest BCUT2D eigenvalue weighted by Crippen LogP contribution is -2.28. The van der Waals surface area contributed by atoms with E-state index < -0.39 is 18.5 Å². The maximum atomic E-state index is 13.9. The summed E-state index contributed by atoms with van der Waals surface area (Å²) in [5.41, 5.74) is 4.21. The van der Waals surface area contributed by atoms with Gasteiger partial charge in [0.1, 0.15) is 18.8 Å². The van der Waals surface area contributed by atoms with E-state index in [1.54, 1.807) is 13.1 Å². The molecule has 0 aliphatic heterocycles. The Morgan fingerprint density at radius 2 is 1.91 bits per heavy atom. The normalized spacial score (nSPS) is 14.5. The van der Waals surface area contributed by atoms with E-state index in [1.807, 2.05) is 39.0 Å². The number of carbonyl (C=O) groups excluding carboxylic acids is 1. The third-order valence-electron chi connectivity index (χ3n) is 3.73. The molecule has 22 heavy (non-hydrogen) atoms. The van der Waals surface area contributed by atoms with Crippen LogP contribution in [0.15, 0.2) is 35.7 Å². The number of hydrogen-bond donors (Lipinski definition) is 1. The molecule has 0 bridgehead atoms. The molecule has 0 saturated heterocycles. The number of rotatable bonds is 7. The van der Waals surface area contributed by atoms with Crippen LogP contribution < -0.4 is 5.32 Å². The molecule has 1 N–H and O–H groups in total. The number of allylic oxidation sites excluding steroid dienone is 2. The summed E-state index contributed by atoms with van der Waals surface area (Å²) in [6, 6.07) is 5.39. The Morgan fingerprint density at radius 3 is 2.36 bits per heavy atom. The Labute approximate surface area is 130 Å². The van der Waals surface area contributed by atoms with Crippen molar-refractivity contribution < 1.29 is 13.6 Å². The molecule has 2 nitrogen and oxygen atoms in total. The molecule has 0 saturated carbocycles. The van der Waals surface area contributed by atoms with Crippen molar-refractivity contribution >= 4 is 11.9 Å². The van der Waals surface area contributed by atoms with Gasteiger partial charge in [0.15, 0.2) is 0 Å². The number of benzene rings is 1. The molecule has 1 aromatic rings. The van der Waals surface area contributed by atoms with Crippen LogP contribution in [-0.4, -0.2) is 26.1 Å². The number of carbonyl (C=O) groups is 1. The van der Waals surface area contributed by atoms with Crippen molar-refractivity contribution in [3.63, 3.8) is 0 Å². The Balaban J connectivity index is 3.36. The fraction of sp³-hybridized carbons (Fsp3) is 0.389. The van der Waals surface area contributed by atoms with Crippen LogP contribution in [0.1, 0.15) is 30.0 Å². The van der Waals surface area contributed by atoms with Gasteiger partial charge in [-0.25, -0.2) is 8.78 Å². The number of aldehydes is 1. The van der Waals surface area contributed by atoms with Crippen LogP contribution in [-0.2, 0) is 4.79 Å². The summed E-state index contributed by atoms with van der Waals surface area (Å²) in [6.07, 6.45) is 2.43. The van der Waals surface area contributed by atoms with Gasteiger partial charge >= 0.3 is 0 Å². The van der Waals surface area contributed by atoms with Gasteiger partial charge in [0.05, 0.1) is 0 Å². The summed E-state index contributed by atoms with van der Waals surface area (Å²) in [4.78, 5) is 10.8. The van der Waals surface area contributed by atoms with Crippen molar-refractivity contribution in [3.05, 3.63) is 52.4 Å². The monoisotopic (exact) mass is 307 g/mol. The first-order chi connectivity index (χ1) is 10.5. The predicted molar refractivity (Wildman–Crippen MR) is 87.2 cm³/mol. The quantitative estimate of drug-likeness (QED) is 0.607. The minimum atomic E-state index is -1.18. The first-order valence-corrected chi connectivity index (χ1v) is 7.26. The second kappa shape index (κ2) is 8.59. The van der Waals surface area contributed by atoms with E-state index in [-0.39, 0.29) is 12.0 Å². The molecule has 1 unspecified atom stereocenters. The molecule has 0 spiro atoms. The second-order valence-corrected chi connectivity index (χ2v) is 5.33. The number of nitrogens with one attached hydrogen (secondary N) is 1. The minimum Gasteiger partial charge on any atom is -0.313 e. The van der Waals surface area contributed by atoms with E-state index in [0.717, 1.165) is 22.3 Å². The lowest BCUT2D eigenvalue weighted by Gasteiger charge is -2.18. The van der Waals surface area contributed by atoms with E-state index in [4.69, 9.17) is 0 Å². The summed E-state index contributed by atoms with van der Waals surface area (Å²) < 4.78 is 26.7. The summed E-state index contributed by atoms with van der Waals surface area (Å²) in [7, 11) is 1.63. The molecule has 0 heterocycles. The van der Waals surface area contributed by atoms with Gasteiger partial charge in [-0.3, -0.25) is 0 Å². The number of likely N-dealkylation sites (N-methyl/N-ethyl adjacent to an activating group) is 1. The first kappa shape index (κ1) is 18.2. The average molecular weight is 307 g/mol. The van der Waals surface area contributed by atoms with Gasteiger partial charge in [-0.15, -0.1) is 0 Å². The zero-order chi connectivity index (χ0) is 16.7. The van der Waals surface area contributed by atoms with Crippen LogP contribution >= 0.6 is 0 Å². The Kier molecular flexibility index (Phi) is 7.12. The first-order valence-electron chi connectivity index (χ1n) is 7.26. The average Bonchev–Trinajstić information content (AvgIpc) is 2.49. The van der Waals surface area contributed by atoms with E-state index in [0.29, 0.717) is 6.29 Å². The van der Waals surface area contributed by atoms with E-state index >= 15 is 0 Å².